The summed E-state index contributed by atoms with van der Waals surface area (Å²) in [5.41, 5.74) is 5.69. The van der Waals surface area contributed by atoms with Gasteiger partial charge in [0.15, 0.2) is 0 Å². The van der Waals surface area contributed by atoms with E-state index in [1.54, 1.807) is 29.2 Å². The molecule has 1 fully saturated rings. The van der Waals surface area contributed by atoms with Crippen molar-refractivity contribution in [3.63, 3.8) is 0 Å². The highest BCUT2D eigenvalue weighted by Gasteiger charge is 2.53. The van der Waals surface area contributed by atoms with Crippen molar-refractivity contribution >= 4 is 34.4 Å². The van der Waals surface area contributed by atoms with Crippen molar-refractivity contribution in [2.75, 3.05) is 24.7 Å². The zero-order chi connectivity index (χ0) is 30.8. The van der Waals surface area contributed by atoms with Crippen molar-refractivity contribution in [1.29, 1.82) is 0 Å². The van der Waals surface area contributed by atoms with Gasteiger partial charge in [-0.1, -0.05) is 81.8 Å². The number of unbranched alkanes of at least 4 members (excludes halogenated alkanes) is 1. The van der Waals surface area contributed by atoms with Crippen molar-refractivity contribution in [3.8, 4) is 0 Å². The number of rotatable bonds is 11. The Hall–Kier alpha value is -4.43. The summed E-state index contributed by atoms with van der Waals surface area (Å²) in [6.45, 7) is 8.13. The van der Waals surface area contributed by atoms with Gasteiger partial charge >= 0.3 is 6.03 Å². The summed E-state index contributed by atoms with van der Waals surface area (Å²) < 4.78 is 5.60. The molecule has 2 aliphatic heterocycles. The normalized spacial score (nSPS) is 17.8. The molecule has 228 valence electrons. The number of imide groups is 1. The maximum Gasteiger partial charge on any atom is 0.332 e. The number of para-hydroxylation sites is 2. The number of carbonyl (C=O) groups excluding carboxylic acids is 3. The lowest BCUT2D eigenvalue weighted by molar-refractivity contribution is -0.120. The summed E-state index contributed by atoms with van der Waals surface area (Å²) in [5.74, 6) is -0.274. The van der Waals surface area contributed by atoms with Gasteiger partial charge in [-0.25, -0.2) is 9.69 Å². The van der Waals surface area contributed by atoms with E-state index in [4.69, 9.17) is 4.74 Å². The summed E-state index contributed by atoms with van der Waals surface area (Å²) in [6, 6.07) is 21.6. The number of urea groups is 1. The van der Waals surface area contributed by atoms with Crippen LogP contribution in [0.4, 0.5) is 10.5 Å². The number of carbonyl (C=O) groups is 3. The Morgan fingerprint density at radius 1 is 0.977 bits per heavy atom. The van der Waals surface area contributed by atoms with Gasteiger partial charge < -0.3 is 15.0 Å². The number of amides is 4. The maximum absolute atomic E-state index is 14.4. The van der Waals surface area contributed by atoms with Gasteiger partial charge in [0.2, 0.25) is 0 Å². The second-order valence-electron chi connectivity index (χ2n) is 12.0. The highest BCUT2D eigenvalue weighted by Crippen LogP contribution is 2.45. The molecule has 4 aromatic rings. The zero-order valence-corrected chi connectivity index (χ0v) is 25.6. The summed E-state index contributed by atoms with van der Waals surface area (Å²) in [4.78, 5) is 48.4. The van der Waals surface area contributed by atoms with Crippen molar-refractivity contribution in [2.24, 2.45) is 0 Å². The lowest BCUT2D eigenvalue weighted by atomic mass is 9.88. The predicted octanol–water partition coefficient (Wildman–Crippen LogP) is 6.71. The number of nitrogens with one attached hydrogen (secondary N) is 2. The van der Waals surface area contributed by atoms with Crippen LogP contribution >= 0.6 is 0 Å². The Labute approximate surface area is 258 Å². The fourth-order valence-corrected chi connectivity index (χ4v) is 6.39. The molecule has 2 aliphatic rings. The predicted molar refractivity (Wildman–Crippen MR) is 172 cm³/mol. The Bertz CT molecular complexity index is 1680. The van der Waals surface area contributed by atoms with E-state index < -0.39 is 18.1 Å². The number of hydrogen-bond acceptors (Lipinski definition) is 4. The number of fused-ring (bicyclic) bond motifs is 4. The summed E-state index contributed by atoms with van der Waals surface area (Å²) in [7, 11) is 0. The highest BCUT2D eigenvalue weighted by atomic mass is 16.5. The summed E-state index contributed by atoms with van der Waals surface area (Å²) in [5, 5.41) is 4.00. The van der Waals surface area contributed by atoms with Gasteiger partial charge in [0.05, 0.1) is 11.3 Å². The summed E-state index contributed by atoms with van der Waals surface area (Å²) >= 11 is 0. The molecule has 1 aromatic heterocycles. The van der Waals surface area contributed by atoms with E-state index >= 15 is 0 Å². The third kappa shape index (κ3) is 5.39. The van der Waals surface area contributed by atoms with Crippen molar-refractivity contribution in [1.82, 2.24) is 15.2 Å². The van der Waals surface area contributed by atoms with Crippen LogP contribution in [-0.2, 0) is 16.0 Å². The molecule has 2 N–H and O–H groups in total. The molecule has 3 heterocycles. The molecule has 6 rings (SSSR count). The Balaban J connectivity index is 1.32. The Kier molecular flexibility index (Phi) is 8.53. The lowest BCUT2D eigenvalue weighted by Crippen LogP contribution is -2.44. The molecule has 3 aromatic carbocycles. The van der Waals surface area contributed by atoms with Gasteiger partial charge in [-0.15, -0.1) is 0 Å². The first-order valence-electron chi connectivity index (χ1n) is 15.7. The van der Waals surface area contributed by atoms with Crippen LogP contribution in [0.3, 0.4) is 0 Å². The average Bonchev–Trinajstić information content (AvgIpc) is 3.53. The topological polar surface area (TPSA) is 94.7 Å². The van der Waals surface area contributed by atoms with Gasteiger partial charge in [-0.05, 0) is 53.6 Å². The second-order valence-corrected chi connectivity index (χ2v) is 12.0. The fourth-order valence-electron chi connectivity index (χ4n) is 6.39. The van der Waals surface area contributed by atoms with E-state index in [2.05, 4.69) is 61.4 Å². The standard InChI is InChI=1S/C36H40N4O4/c1-4-5-20-44-21-10-19-37-34(41)27-12-7-9-14-30(27)40-35(42)31-22-28-26-11-6-8-13-29(26)38-32(28)33(39(31)36(40)43)25-17-15-24(16-18-25)23(2)3/h6-9,11-18,23,31,33,38H,4-5,10,19-22H2,1-3H3,(H,37,41). The molecule has 4 amide bonds. The van der Waals surface area contributed by atoms with E-state index in [1.165, 1.54) is 10.5 Å². The smallest absolute Gasteiger partial charge is 0.332 e. The Morgan fingerprint density at radius 2 is 1.70 bits per heavy atom. The van der Waals surface area contributed by atoms with E-state index in [-0.39, 0.29) is 11.8 Å². The van der Waals surface area contributed by atoms with Crippen LogP contribution in [0.1, 0.15) is 84.7 Å². The molecule has 0 aliphatic carbocycles. The third-order valence-electron chi connectivity index (χ3n) is 8.75. The number of aromatic amines is 1. The molecule has 2 unspecified atom stereocenters. The average molecular weight is 593 g/mol. The molecule has 0 spiro atoms. The second kappa shape index (κ2) is 12.7. The molecule has 0 saturated carbocycles. The third-order valence-corrected chi connectivity index (χ3v) is 8.75. The molecular formula is C36H40N4O4. The van der Waals surface area contributed by atoms with Crippen molar-refractivity contribution in [2.45, 2.75) is 64.5 Å². The largest absolute Gasteiger partial charge is 0.381 e. The number of anilines is 1. The number of nitrogens with zero attached hydrogens (tertiary/aromatic N) is 2. The van der Waals surface area contributed by atoms with Crippen LogP contribution in [0.2, 0.25) is 0 Å². The van der Waals surface area contributed by atoms with Crippen LogP contribution in [0.25, 0.3) is 10.9 Å². The van der Waals surface area contributed by atoms with E-state index in [0.717, 1.165) is 40.6 Å². The zero-order valence-electron chi connectivity index (χ0n) is 25.6. The van der Waals surface area contributed by atoms with Gasteiger partial charge in [0.25, 0.3) is 11.8 Å². The first kappa shape index (κ1) is 29.6. The maximum atomic E-state index is 14.4. The minimum Gasteiger partial charge on any atom is -0.381 e. The minimum absolute atomic E-state index is 0.294. The fraction of sp³-hybridized carbons (Fsp3) is 0.361. The van der Waals surface area contributed by atoms with E-state index in [1.807, 2.05) is 18.2 Å². The molecule has 8 nitrogen and oxygen atoms in total. The number of H-pyrrole nitrogens is 1. The SMILES string of the molecule is CCCCOCCCNC(=O)c1ccccc1N1C(=O)C2Cc3c([nH]c4ccccc34)C(c3ccc(C(C)C)cc3)N2C1=O. The van der Waals surface area contributed by atoms with Crippen LogP contribution in [0.15, 0.2) is 72.8 Å². The van der Waals surface area contributed by atoms with Gasteiger partial charge in [0, 0.05) is 42.8 Å². The summed E-state index contributed by atoms with van der Waals surface area (Å²) in [6.07, 6.45) is 3.17. The monoisotopic (exact) mass is 592 g/mol. The van der Waals surface area contributed by atoms with Gasteiger partial charge in [0.1, 0.15) is 12.1 Å². The molecule has 8 heteroatoms. The highest BCUT2D eigenvalue weighted by molar-refractivity contribution is 6.24. The quantitative estimate of drug-likeness (QED) is 0.150. The van der Waals surface area contributed by atoms with Gasteiger partial charge in [-0.2, -0.15) is 0 Å². The lowest BCUT2D eigenvalue weighted by Gasteiger charge is -2.36. The van der Waals surface area contributed by atoms with E-state index in [0.29, 0.717) is 49.8 Å². The van der Waals surface area contributed by atoms with Crippen LogP contribution < -0.4 is 10.2 Å². The van der Waals surface area contributed by atoms with Gasteiger partial charge in [-0.3, -0.25) is 14.5 Å². The van der Waals surface area contributed by atoms with Crippen molar-refractivity contribution in [3.05, 3.63) is 101 Å². The molecule has 0 radical (unpaired) electrons. The number of benzene rings is 3. The van der Waals surface area contributed by atoms with Crippen LogP contribution in [-0.4, -0.2) is 53.5 Å². The first-order chi connectivity index (χ1) is 21.4. The Morgan fingerprint density at radius 3 is 2.48 bits per heavy atom. The molecular weight excluding hydrogens is 552 g/mol. The van der Waals surface area contributed by atoms with E-state index in [9.17, 15) is 14.4 Å². The molecule has 1 saturated heterocycles. The molecule has 2 atom stereocenters. The number of ether oxygens (including phenoxy) is 1. The van der Waals surface area contributed by atoms with Crippen LogP contribution in [0.5, 0.6) is 0 Å². The number of hydrogen-bond donors (Lipinski definition) is 2. The molecule has 44 heavy (non-hydrogen) atoms. The first-order valence-corrected chi connectivity index (χ1v) is 15.7. The minimum atomic E-state index is -0.694. The number of aromatic nitrogens is 1. The van der Waals surface area contributed by atoms with Crippen LogP contribution in [0, 0.1) is 0 Å². The molecule has 0 bridgehead atoms. The van der Waals surface area contributed by atoms with Crippen molar-refractivity contribution < 1.29 is 19.1 Å².